The van der Waals surface area contributed by atoms with E-state index in [0.29, 0.717) is 12.3 Å². The summed E-state index contributed by atoms with van der Waals surface area (Å²) in [6, 6.07) is 0. The quantitative estimate of drug-likeness (QED) is 0.789. The van der Waals surface area contributed by atoms with E-state index in [9.17, 15) is 9.59 Å². The Hall–Kier alpha value is -1.85. The lowest BCUT2D eigenvalue weighted by atomic mass is 10.1. The molecule has 6 nitrogen and oxygen atoms in total. The molecule has 1 aromatic heterocycles. The summed E-state index contributed by atoms with van der Waals surface area (Å²) in [5.41, 5.74) is 0.194. The Morgan fingerprint density at radius 2 is 2.41 bits per heavy atom. The first-order chi connectivity index (χ1) is 8.08. The molecule has 6 heteroatoms. The third-order valence-corrected chi connectivity index (χ3v) is 2.53. The van der Waals surface area contributed by atoms with Crippen LogP contribution in [0.25, 0.3) is 0 Å². The summed E-state index contributed by atoms with van der Waals surface area (Å²) in [4.78, 5) is 26.6. The number of nitrogens with one attached hydrogen (secondary N) is 1. The van der Waals surface area contributed by atoms with Gasteiger partial charge >= 0.3 is 5.97 Å². The van der Waals surface area contributed by atoms with E-state index < -0.39 is 12.1 Å². The van der Waals surface area contributed by atoms with Crippen LogP contribution in [0.2, 0.25) is 0 Å². The zero-order valence-corrected chi connectivity index (χ0v) is 9.73. The first-order valence-corrected chi connectivity index (χ1v) is 5.49. The normalized spacial score (nSPS) is 19.5. The van der Waals surface area contributed by atoms with Crippen LogP contribution in [-0.2, 0) is 9.53 Å². The highest BCUT2D eigenvalue weighted by molar-refractivity contribution is 5.89. The average Bonchev–Trinajstić information content (AvgIpc) is 2.86. The van der Waals surface area contributed by atoms with E-state index in [2.05, 4.69) is 10.3 Å². The van der Waals surface area contributed by atoms with Crippen LogP contribution in [0.1, 0.15) is 42.4 Å². The maximum absolute atomic E-state index is 11.8. The standard InChI is InChI=1S/C11H14N2O4/c1-6(2)10-9(13-5-16-10)11(15)17-7-3-8(14)12-4-7/h5-7H,3-4H2,1-2H3,(H,12,14)/t7-/m0/s1. The van der Waals surface area contributed by atoms with Crippen molar-refractivity contribution in [2.75, 3.05) is 6.54 Å². The van der Waals surface area contributed by atoms with Crippen LogP contribution in [0.4, 0.5) is 0 Å². The highest BCUT2D eigenvalue weighted by Gasteiger charge is 2.28. The number of esters is 1. The van der Waals surface area contributed by atoms with Crippen molar-refractivity contribution in [2.45, 2.75) is 32.3 Å². The second-order valence-corrected chi connectivity index (χ2v) is 4.26. The van der Waals surface area contributed by atoms with Crippen molar-refractivity contribution in [1.29, 1.82) is 0 Å². The predicted molar refractivity (Wildman–Crippen MR) is 57.4 cm³/mol. The van der Waals surface area contributed by atoms with Crippen molar-refractivity contribution in [3.63, 3.8) is 0 Å². The first kappa shape index (κ1) is 11.6. The fourth-order valence-corrected chi connectivity index (χ4v) is 1.69. The second-order valence-electron chi connectivity index (χ2n) is 4.26. The summed E-state index contributed by atoms with van der Waals surface area (Å²) >= 11 is 0. The Bertz CT molecular complexity index is 438. The van der Waals surface area contributed by atoms with E-state index in [1.54, 1.807) is 0 Å². The molecule has 0 unspecified atom stereocenters. The van der Waals surface area contributed by atoms with Gasteiger partial charge in [-0.1, -0.05) is 13.8 Å². The number of rotatable bonds is 3. The van der Waals surface area contributed by atoms with Gasteiger partial charge in [-0.25, -0.2) is 9.78 Å². The number of nitrogens with zero attached hydrogens (tertiary/aromatic N) is 1. The highest BCUT2D eigenvalue weighted by atomic mass is 16.5. The molecule has 1 atom stereocenters. The first-order valence-electron chi connectivity index (χ1n) is 5.49. The summed E-state index contributed by atoms with van der Waals surface area (Å²) in [6.45, 7) is 4.16. The van der Waals surface area contributed by atoms with Gasteiger partial charge in [-0.15, -0.1) is 0 Å². The van der Waals surface area contributed by atoms with Crippen LogP contribution in [0.5, 0.6) is 0 Å². The molecule has 1 saturated heterocycles. The van der Waals surface area contributed by atoms with Gasteiger partial charge in [0, 0.05) is 5.92 Å². The van der Waals surface area contributed by atoms with Crippen molar-refractivity contribution < 1.29 is 18.7 Å². The lowest BCUT2D eigenvalue weighted by molar-refractivity contribution is -0.119. The third-order valence-electron chi connectivity index (χ3n) is 2.53. The molecule has 0 bridgehead atoms. The monoisotopic (exact) mass is 238 g/mol. The van der Waals surface area contributed by atoms with Crippen LogP contribution in [0.15, 0.2) is 10.8 Å². The Kier molecular flexibility index (Phi) is 3.12. The molecule has 17 heavy (non-hydrogen) atoms. The van der Waals surface area contributed by atoms with Gasteiger partial charge < -0.3 is 14.5 Å². The van der Waals surface area contributed by atoms with Crippen molar-refractivity contribution >= 4 is 11.9 Å². The SMILES string of the molecule is CC(C)c1ocnc1C(=O)O[C@@H]1CNC(=O)C1. The zero-order valence-electron chi connectivity index (χ0n) is 9.73. The van der Waals surface area contributed by atoms with Gasteiger partial charge in [-0.05, 0) is 0 Å². The Labute approximate surface area is 98.3 Å². The fraction of sp³-hybridized carbons (Fsp3) is 0.545. The Balaban J connectivity index is 2.04. The van der Waals surface area contributed by atoms with Gasteiger partial charge in [0.15, 0.2) is 12.1 Å². The second kappa shape index (κ2) is 4.57. The maximum Gasteiger partial charge on any atom is 0.360 e. The Morgan fingerprint density at radius 1 is 1.65 bits per heavy atom. The van der Waals surface area contributed by atoms with Crippen LogP contribution in [0.3, 0.4) is 0 Å². The van der Waals surface area contributed by atoms with Crippen LogP contribution in [0, 0.1) is 0 Å². The van der Waals surface area contributed by atoms with E-state index in [1.165, 1.54) is 6.39 Å². The molecule has 0 aliphatic carbocycles. The molecule has 1 N–H and O–H groups in total. The van der Waals surface area contributed by atoms with E-state index in [0.717, 1.165) is 0 Å². The number of amides is 1. The summed E-state index contributed by atoms with van der Waals surface area (Å²) in [6.07, 6.45) is 1.02. The molecular weight excluding hydrogens is 224 g/mol. The summed E-state index contributed by atoms with van der Waals surface area (Å²) in [5, 5.41) is 2.60. The molecule has 1 aliphatic heterocycles. The molecule has 2 heterocycles. The van der Waals surface area contributed by atoms with Gasteiger partial charge in [0.25, 0.3) is 0 Å². The number of oxazole rings is 1. The maximum atomic E-state index is 11.8. The largest absolute Gasteiger partial charge is 0.455 e. The van der Waals surface area contributed by atoms with Crippen molar-refractivity contribution in [1.82, 2.24) is 10.3 Å². The van der Waals surface area contributed by atoms with Crippen LogP contribution in [-0.4, -0.2) is 29.5 Å². The molecule has 1 aromatic rings. The molecular formula is C11H14N2O4. The van der Waals surface area contributed by atoms with Gasteiger partial charge in [-0.3, -0.25) is 4.79 Å². The average molecular weight is 238 g/mol. The molecule has 1 amide bonds. The molecule has 0 saturated carbocycles. The zero-order chi connectivity index (χ0) is 12.4. The summed E-state index contributed by atoms with van der Waals surface area (Å²) in [5.74, 6) is -0.0772. The minimum Gasteiger partial charge on any atom is -0.455 e. The number of carbonyl (C=O) groups excluding carboxylic acids is 2. The van der Waals surface area contributed by atoms with Gasteiger partial charge in [-0.2, -0.15) is 0 Å². The number of hydrogen-bond donors (Lipinski definition) is 1. The topological polar surface area (TPSA) is 81.4 Å². The molecule has 92 valence electrons. The van der Waals surface area contributed by atoms with E-state index >= 15 is 0 Å². The van der Waals surface area contributed by atoms with Crippen LogP contribution >= 0.6 is 0 Å². The molecule has 0 radical (unpaired) electrons. The molecule has 1 aliphatic rings. The summed E-state index contributed by atoms with van der Waals surface area (Å²) < 4.78 is 10.3. The van der Waals surface area contributed by atoms with E-state index in [-0.39, 0.29) is 23.9 Å². The van der Waals surface area contributed by atoms with Gasteiger partial charge in [0.05, 0.1) is 13.0 Å². The van der Waals surface area contributed by atoms with Gasteiger partial charge in [0.1, 0.15) is 11.9 Å². The van der Waals surface area contributed by atoms with Crippen molar-refractivity contribution in [3.05, 3.63) is 17.8 Å². The van der Waals surface area contributed by atoms with Crippen molar-refractivity contribution in [3.8, 4) is 0 Å². The van der Waals surface area contributed by atoms with Crippen LogP contribution < -0.4 is 5.32 Å². The molecule has 1 fully saturated rings. The number of ether oxygens (including phenoxy) is 1. The minimum absolute atomic E-state index is 0.0587. The number of aromatic nitrogens is 1. The predicted octanol–water partition coefficient (Wildman–Crippen LogP) is 0.843. The lowest BCUT2D eigenvalue weighted by Crippen LogP contribution is -2.22. The van der Waals surface area contributed by atoms with Crippen molar-refractivity contribution in [2.24, 2.45) is 0 Å². The highest BCUT2D eigenvalue weighted by Crippen LogP contribution is 2.20. The van der Waals surface area contributed by atoms with E-state index in [1.807, 2.05) is 13.8 Å². The lowest BCUT2D eigenvalue weighted by Gasteiger charge is -2.09. The van der Waals surface area contributed by atoms with E-state index in [4.69, 9.17) is 9.15 Å². The third kappa shape index (κ3) is 2.46. The fourth-order valence-electron chi connectivity index (χ4n) is 1.69. The molecule has 2 rings (SSSR count). The summed E-state index contributed by atoms with van der Waals surface area (Å²) in [7, 11) is 0. The minimum atomic E-state index is -0.538. The number of carbonyl (C=O) groups is 2. The smallest absolute Gasteiger partial charge is 0.360 e. The molecule has 0 spiro atoms. The molecule has 0 aromatic carbocycles. The van der Waals surface area contributed by atoms with Gasteiger partial charge in [0.2, 0.25) is 5.91 Å². The number of hydrogen-bond acceptors (Lipinski definition) is 5. The Morgan fingerprint density at radius 3 is 3.00 bits per heavy atom.